The van der Waals surface area contributed by atoms with E-state index in [1.165, 1.54) is 0 Å². The van der Waals surface area contributed by atoms with Gasteiger partial charge in [0.2, 0.25) is 23.6 Å². The number of aliphatic hydroxyl groups is 20. The molecule has 0 saturated carbocycles. The molecule has 7 aliphatic rings. The van der Waals surface area contributed by atoms with Crippen molar-refractivity contribution in [1.82, 2.24) is 21.3 Å². The smallest absolute Gasteiger partial charge is 0.364 e. The van der Waals surface area contributed by atoms with Gasteiger partial charge in [-0.2, -0.15) is 0 Å². The van der Waals surface area contributed by atoms with E-state index in [2.05, 4.69) is 21.3 Å². The monoisotopic (exact) mass is 1400 g/mol. The zero-order valence-corrected chi connectivity index (χ0v) is 51.6. The molecule has 36 atom stereocenters. The third-order valence-corrected chi connectivity index (χ3v) is 17.1. The number of hydrogen-bond donors (Lipinski definition) is 25. The van der Waals surface area contributed by atoms with Crippen molar-refractivity contribution in [2.75, 3.05) is 46.2 Å². The van der Waals surface area contributed by atoms with Crippen LogP contribution < -0.4 is 21.3 Å². The Morgan fingerprint density at radius 1 is 0.427 bits per heavy atom. The highest BCUT2D eigenvalue weighted by Crippen LogP contribution is 2.40. The van der Waals surface area contributed by atoms with Crippen molar-refractivity contribution in [3.05, 3.63) is 0 Å². The van der Waals surface area contributed by atoms with Crippen LogP contribution in [0.15, 0.2) is 0 Å². The number of carboxylic acid groups (broad SMARTS) is 1. The molecule has 43 heteroatoms. The number of hydrogen-bond acceptors (Lipinski definition) is 38. The van der Waals surface area contributed by atoms with Gasteiger partial charge < -0.3 is 190 Å². The maximum absolute atomic E-state index is 13.1. The van der Waals surface area contributed by atoms with Crippen LogP contribution in [-0.2, 0) is 85.6 Å². The standard InChI is InChI=1S/C53H88N4O39/c1-13(64)54-25-17(68)5-53(52(82)83,95-43(25)29(70)18(69)6-58)96-45-33(74)22(10-62)89-51(39(45)80)92-41-27(56-15(3)66)46(81)85-24(34(41)75)12-84-47-26(55-14(2)65)35(76)40(23(11-63)90-47)91-50-38(79)44(32(73)21(9-61)88-50)94-48-28(57-16(4)67)42(31(72)20(8-60)86-48)93-49-37(78)36(77)30(71)19(7-59)87-49/h17-51,58-63,68-81H,5-12H2,1-4H3,(H,54,64)(H,55,65)(H,56,66)(H,57,67)(H,82,83)/t17-,18+,19+,20+,21+,22+,23+,24+,25+,26+,27+,28+,29+,30-,31+,32-,33-,34-,35+,36-,37+,38+,39+,40+,41+,42+,43+,44-,45-,46+,47+,48-,49-,50-,51-,53-/m0/s1. The second-order valence-corrected chi connectivity index (χ2v) is 24.0. The van der Waals surface area contributed by atoms with Crippen LogP contribution in [0.25, 0.3) is 0 Å². The first-order valence-electron chi connectivity index (χ1n) is 30.2. The van der Waals surface area contributed by atoms with Crippen LogP contribution in [0.3, 0.4) is 0 Å². The van der Waals surface area contributed by atoms with E-state index < -0.39 is 303 Å². The van der Waals surface area contributed by atoms with Crippen molar-refractivity contribution in [3.63, 3.8) is 0 Å². The van der Waals surface area contributed by atoms with Crippen molar-refractivity contribution in [2.45, 2.75) is 254 Å². The van der Waals surface area contributed by atoms with Crippen LogP contribution in [0.1, 0.15) is 34.1 Å². The van der Waals surface area contributed by atoms with Crippen molar-refractivity contribution in [1.29, 1.82) is 0 Å². The lowest BCUT2D eigenvalue weighted by Gasteiger charge is -2.51. The van der Waals surface area contributed by atoms with Gasteiger partial charge in [-0.3, -0.25) is 19.2 Å². The normalized spacial score (nSPS) is 46.0. The Labute approximate surface area is 543 Å². The Balaban J connectivity index is 1.09. The van der Waals surface area contributed by atoms with Crippen molar-refractivity contribution in [2.24, 2.45) is 0 Å². The lowest BCUT2D eigenvalue weighted by molar-refractivity contribution is -0.382. The maximum atomic E-state index is 13.1. The Hall–Kier alpha value is -3.97. The maximum Gasteiger partial charge on any atom is 0.364 e. The number of carboxylic acids is 1. The molecule has 0 aromatic carbocycles. The van der Waals surface area contributed by atoms with Crippen LogP contribution in [-0.4, -0.2) is 403 Å². The molecule has 0 spiro atoms. The van der Waals surface area contributed by atoms with E-state index in [1.807, 2.05) is 0 Å². The van der Waals surface area contributed by atoms with Gasteiger partial charge in [0.15, 0.2) is 37.7 Å². The molecule has 7 saturated heterocycles. The molecule has 7 rings (SSSR count). The minimum atomic E-state index is -3.24. The third kappa shape index (κ3) is 17.5. The van der Waals surface area contributed by atoms with E-state index in [0.717, 1.165) is 27.7 Å². The number of aliphatic hydroxyl groups excluding tert-OH is 20. The Kier molecular flexibility index (Phi) is 28.2. The van der Waals surface area contributed by atoms with E-state index in [-0.39, 0.29) is 0 Å². The van der Waals surface area contributed by atoms with Crippen LogP contribution >= 0.6 is 0 Å². The summed E-state index contributed by atoms with van der Waals surface area (Å²) in [6.07, 6.45) is -64.4. The number of rotatable bonds is 26. The molecule has 0 aromatic heterocycles. The molecule has 4 amide bonds. The van der Waals surface area contributed by atoms with Gasteiger partial charge in [0.05, 0.1) is 58.4 Å². The summed E-state index contributed by atoms with van der Waals surface area (Å²) in [7, 11) is 0. The third-order valence-electron chi connectivity index (χ3n) is 17.1. The van der Waals surface area contributed by atoms with Crippen molar-refractivity contribution >= 4 is 29.6 Å². The summed E-state index contributed by atoms with van der Waals surface area (Å²) >= 11 is 0. The molecule has 0 radical (unpaired) electrons. The lowest BCUT2D eigenvalue weighted by atomic mass is 9.88. The molecule has 0 bridgehead atoms. The zero-order chi connectivity index (χ0) is 71.3. The molecule has 7 fully saturated rings. The van der Waals surface area contributed by atoms with Gasteiger partial charge in [-0.25, -0.2) is 4.79 Å². The van der Waals surface area contributed by atoms with Crippen molar-refractivity contribution < 1.29 is 193 Å². The first-order chi connectivity index (χ1) is 45.2. The fourth-order valence-corrected chi connectivity index (χ4v) is 12.2. The van der Waals surface area contributed by atoms with E-state index in [4.69, 9.17) is 61.6 Å². The average Bonchev–Trinajstić information content (AvgIpc) is 0.765. The highest BCUT2D eigenvalue weighted by atomic mass is 16.8. The summed E-state index contributed by atoms with van der Waals surface area (Å²) in [4.78, 5) is 63.3. The van der Waals surface area contributed by atoms with Gasteiger partial charge in [0.1, 0.15) is 165 Å². The number of carbonyl (C=O) groups excluding carboxylic acids is 4. The topological polar surface area (TPSA) is 678 Å². The number of carbonyl (C=O) groups is 5. The number of ether oxygens (including phenoxy) is 13. The molecular formula is C53H88N4O39. The fourth-order valence-electron chi connectivity index (χ4n) is 12.2. The van der Waals surface area contributed by atoms with E-state index in [1.54, 1.807) is 0 Å². The summed E-state index contributed by atoms with van der Waals surface area (Å²) in [5, 5.41) is 238. The molecule has 0 aromatic rings. The van der Waals surface area contributed by atoms with E-state index in [9.17, 15) is 131 Å². The Morgan fingerprint density at radius 3 is 1.34 bits per heavy atom. The van der Waals surface area contributed by atoms with Gasteiger partial charge in [0, 0.05) is 34.1 Å². The van der Waals surface area contributed by atoms with Crippen LogP contribution in [0.5, 0.6) is 0 Å². The molecular weight excluding hydrogens is 1320 g/mol. The van der Waals surface area contributed by atoms with Gasteiger partial charge in [-0.1, -0.05) is 0 Å². The fraction of sp³-hybridized carbons (Fsp3) is 0.906. The van der Waals surface area contributed by atoms with Gasteiger partial charge in [-0.05, 0) is 0 Å². The Bertz CT molecular complexity index is 2540. The van der Waals surface area contributed by atoms with E-state index >= 15 is 0 Å². The summed E-state index contributed by atoms with van der Waals surface area (Å²) in [6, 6.07) is -7.13. The molecule has 0 unspecified atom stereocenters. The molecule has 554 valence electrons. The van der Waals surface area contributed by atoms with Crippen LogP contribution in [0, 0.1) is 0 Å². The number of aliphatic carboxylic acids is 1. The second-order valence-electron chi connectivity index (χ2n) is 24.0. The molecule has 43 nitrogen and oxygen atoms in total. The molecule has 7 heterocycles. The van der Waals surface area contributed by atoms with Gasteiger partial charge >= 0.3 is 5.97 Å². The minimum Gasteiger partial charge on any atom is -0.477 e. The van der Waals surface area contributed by atoms with Crippen LogP contribution in [0.2, 0.25) is 0 Å². The summed E-state index contributed by atoms with van der Waals surface area (Å²) in [6.45, 7) is -3.54. The summed E-state index contributed by atoms with van der Waals surface area (Å²) in [5.41, 5.74) is 0. The highest BCUT2D eigenvalue weighted by Gasteiger charge is 2.62. The molecule has 7 aliphatic heterocycles. The Morgan fingerprint density at radius 2 is 0.833 bits per heavy atom. The lowest BCUT2D eigenvalue weighted by Crippen LogP contribution is -2.71. The van der Waals surface area contributed by atoms with E-state index in [0.29, 0.717) is 0 Å². The number of nitrogens with one attached hydrogen (secondary N) is 4. The SMILES string of the molecule is CC(=O)N[C@@H]1[C@@H](O[C@@H]2O[C@H](CO)[C@H](O)[C@H](O[C@]3(C(=O)O)C[C@H](O)[C@@H](NC(C)=O)[C@H]([C@H](O)[C@H](O)CO)O3)[C@H]2O)[C@@H](O)[C@@H](CO[C@@H]2O[C@H](CO)[C@@H](O[C@@H]3O[C@H](CO)[C@H](O)[C@H](O[C@@H]4O[C@H](CO)[C@@H](O)[C@H](O[C@@H]5O[C@H](CO)[C@H](O)[C@H](O)[C@H]5O)[C@H]4NC(C)=O)[C@H]3O)[C@H](O)[C@H]2NC(C)=O)O[C@H]1O. The first-order valence-corrected chi connectivity index (χ1v) is 30.2. The largest absolute Gasteiger partial charge is 0.477 e. The summed E-state index contributed by atoms with van der Waals surface area (Å²) < 4.78 is 75.1. The van der Waals surface area contributed by atoms with Crippen LogP contribution in [0.4, 0.5) is 0 Å². The first kappa shape index (κ1) is 79.4. The van der Waals surface area contributed by atoms with Gasteiger partial charge in [-0.15, -0.1) is 0 Å². The molecule has 25 N–H and O–H groups in total. The minimum absolute atomic E-state index is 0.844. The quantitative estimate of drug-likeness (QED) is 0.0382. The average molecular weight is 1410 g/mol. The zero-order valence-electron chi connectivity index (χ0n) is 51.6. The van der Waals surface area contributed by atoms with Gasteiger partial charge in [0.25, 0.3) is 5.79 Å². The summed E-state index contributed by atoms with van der Waals surface area (Å²) in [5.74, 6) is -8.86. The number of amides is 4. The van der Waals surface area contributed by atoms with Crippen molar-refractivity contribution in [3.8, 4) is 0 Å². The predicted octanol–water partition coefficient (Wildman–Crippen LogP) is -16.5. The molecule has 0 aliphatic carbocycles. The predicted molar refractivity (Wildman–Crippen MR) is 295 cm³/mol. The highest BCUT2D eigenvalue weighted by molar-refractivity contribution is 5.77. The molecule has 96 heavy (non-hydrogen) atoms. The second kappa shape index (κ2) is 34.1.